The van der Waals surface area contributed by atoms with E-state index in [0.29, 0.717) is 17.4 Å². The van der Waals surface area contributed by atoms with Crippen molar-refractivity contribution in [1.29, 1.82) is 0 Å². The van der Waals surface area contributed by atoms with Crippen molar-refractivity contribution in [3.63, 3.8) is 0 Å². The van der Waals surface area contributed by atoms with Gasteiger partial charge < -0.3 is 5.32 Å². The van der Waals surface area contributed by atoms with Gasteiger partial charge in [0.1, 0.15) is 5.70 Å². The van der Waals surface area contributed by atoms with E-state index in [1.165, 1.54) is 0 Å². The first kappa shape index (κ1) is 12.8. The second-order valence-electron chi connectivity index (χ2n) is 4.25. The van der Waals surface area contributed by atoms with Crippen molar-refractivity contribution in [1.82, 2.24) is 20.0 Å². The van der Waals surface area contributed by atoms with Crippen LogP contribution in [0.1, 0.15) is 23.9 Å². The fraction of sp³-hybridized carbons (Fsp3) is 0.417. The molecule has 18 heavy (non-hydrogen) atoms. The number of hydrogen-bond donors (Lipinski definition) is 1. The van der Waals surface area contributed by atoms with Gasteiger partial charge in [-0.2, -0.15) is 5.10 Å². The number of nitrogens with zero attached hydrogens (tertiary/aromatic N) is 3. The van der Waals surface area contributed by atoms with E-state index in [-0.39, 0.29) is 5.91 Å². The molecule has 0 radical (unpaired) electrons. The van der Waals surface area contributed by atoms with Crippen LogP contribution in [-0.4, -0.2) is 32.2 Å². The minimum atomic E-state index is -0.0786. The zero-order valence-corrected chi connectivity index (χ0v) is 11.8. The number of thiocarbonyl (C=S) groups is 1. The van der Waals surface area contributed by atoms with E-state index in [0.717, 1.165) is 17.0 Å². The van der Waals surface area contributed by atoms with E-state index < -0.39 is 0 Å². The van der Waals surface area contributed by atoms with Crippen LogP contribution in [0.5, 0.6) is 0 Å². The van der Waals surface area contributed by atoms with E-state index >= 15 is 0 Å². The molecule has 0 unspecified atom stereocenters. The molecule has 1 aromatic rings. The lowest BCUT2D eigenvalue weighted by molar-refractivity contribution is -0.122. The number of rotatable bonds is 2. The van der Waals surface area contributed by atoms with Gasteiger partial charge in [0.2, 0.25) is 0 Å². The third-order valence-electron chi connectivity index (χ3n) is 3.13. The molecular weight excluding hydrogens is 248 g/mol. The Morgan fingerprint density at radius 2 is 2.11 bits per heavy atom. The smallest absolute Gasteiger partial charge is 0.276 e. The molecule has 1 saturated heterocycles. The Kier molecular flexibility index (Phi) is 3.21. The molecule has 0 atom stereocenters. The number of aryl methyl sites for hydroxylation is 2. The standard InChI is InChI=1S/C12H16N4OS/c1-5-16-11(17)10(13-12(16)18)6-9-7(2)14-15(4)8(9)3/h6H,5H2,1-4H3,(H,13,18)/b10-6+. The maximum Gasteiger partial charge on any atom is 0.276 e. The molecule has 0 spiro atoms. The molecule has 0 aromatic carbocycles. The van der Waals surface area contributed by atoms with Gasteiger partial charge in [0.25, 0.3) is 5.91 Å². The second kappa shape index (κ2) is 4.53. The minimum absolute atomic E-state index is 0.0786. The van der Waals surface area contributed by atoms with Crippen LogP contribution in [-0.2, 0) is 11.8 Å². The predicted molar refractivity (Wildman–Crippen MR) is 73.8 cm³/mol. The topological polar surface area (TPSA) is 50.2 Å². The summed E-state index contributed by atoms with van der Waals surface area (Å²) in [7, 11) is 1.89. The summed E-state index contributed by atoms with van der Waals surface area (Å²) < 4.78 is 1.80. The van der Waals surface area contributed by atoms with Gasteiger partial charge in [-0.15, -0.1) is 0 Å². The predicted octanol–water partition coefficient (Wildman–Crippen LogP) is 1.11. The summed E-state index contributed by atoms with van der Waals surface area (Å²) in [5.74, 6) is -0.0786. The molecule has 2 rings (SSSR count). The molecule has 1 aromatic heterocycles. The van der Waals surface area contributed by atoms with Crippen molar-refractivity contribution in [3.05, 3.63) is 22.6 Å². The quantitative estimate of drug-likeness (QED) is 0.642. The Morgan fingerprint density at radius 3 is 2.56 bits per heavy atom. The summed E-state index contributed by atoms with van der Waals surface area (Å²) in [6.07, 6.45) is 1.82. The molecule has 6 heteroatoms. The number of aromatic nitrogens is 2. The molecule has 1 amide bonds. The highest BCUT2D eigenvalue weighted by molar-refractivity contribution is 7.80. The van der Waals surface area contributed by atoms with Gasteiger partial charge in [0, 0.05) is 24.8 Å². The second-order valence-corrected chi connectivity index (χ2v) is 4.63. The average Bonchev–Trinajstić information content (AvgIpc) is 2.71. The Morgan fingerprint density at radius 1 is 1.44 bits per heavy atom. The van der Waals surface area contributed by atoms with E-state index in [1.807, 2.05) is 33.9 Å². The maximum atomic E-state index is 12.1. The SMILES string of the molecule is CCN1C(=O)/C(=C\c2c(C)nn(C)c2C)NC1=S. The monoisotopic (exact) mass is 264 g/mol. The van der Waals surface area contributed by atoms with E-state index in [1.54, 1.807) is 9.58 Å². The molecule has 1 N–H and O–H groups in total. The molecule has 96 valence electrons. The van der Waals surface area contributed by atoms with Crippen LogP contribution < -0.4 is 5.32 Å². The van der Waals surface area contributed by atoms with E-state index in [4.69, 9.17) is 12.2 Å². The molecule has 0 saturated carbocycles. The molecule has 2 heterocycles. The lowest BCUT2D eigenvalue weighted by Gasteiger charge is -2.08. The molecule has 0 aliphatic carbocycles. The van der Waals surface area contributed by atoms with E-state index in [9.17, 15) is 4.79 Å². The average molecular weight is 264 g/mol. The molecular formula is C12H16N4OS. The first-order valence-electron chi connectivity index (χ1n) is 5.80. The Labute approximate surface area is 111 Å². The van der Waals surface area contributed by atoms with Gasteiger partial charge >= 0.3 is 0 Å². The summed E-state index contributed by atoms with van der Waals surface area (Å²) in [6.45, 7) is 6.37. The Hall–Kier alpha value is -1.69. The Balaban J connectivity index is 2.41. The van der Waals surface area contributed by atoms with Crippen molar-refractivity contribution in [2.24, 2.45) is 7.05 Å². The van der Waals surface area contributed by atoms with Crippen molar-refractivity contribution >= 4 is 29.3 Å². The van der Waals surface area contributed by atoms with Crippen LogP contribution in [0.4, 0.5) is 0 Å². The van der Waals surface area contributed by atoms with E-state index in [2.05, 4.69) is 10.4 Å². The summed E-state index contributed by atoms with van der Waals surface area (Å²) >= 11 is 5.11. The van der Waals surface area contributed by atoms with Crippen molar-refractivity contribution in [3.8, 4) is 0 Å². The lowest BCUT2D eigenvalue weighted by Crippen LogP contribution is -2.30. The summed E-state index contributed by atoms with van der Waals surface area (Å²) in [5.41, 5.74) is 3.41. The Bertz CT molecular complexity index is 559. The number of hydrogen-bond acceptors (Lipinski definition) is 3. The minimum Gasteiger partial charge on any atom is -0.328 e. The molecule has 1 aliphatic rings. The highest BCUT2D eigenvalue weighted by atomic mass is 32.1. The van der Waals surface area contributed by atoms with Gasteiger partial charge in [-0.1, -0.05) is 0 Å². The fourth-order valence-electron chi connectivity index (χ4n) is 2.00. The van der Waals surface area contributed by atoms with Gasteiger partial charge in [0.15, 0.2) is 5.11 Å². The normalized spacial score (nSPS) is 17.8. The zero-order chi connectivity index (χ0) is 13.4. The van der Waals surface area contributed by atoms with Gasteiger partial charge in [-0.3, -0.25) is 14.4 Å². The summed E-state index contributed by atoms with van der Waals surface area (Å²) in [4.78, 5) is 13.6. The fourth-order valence-corrected chi connectivity index (χ4v) is 2.32. The molecule has 5 nitrogen and oxygen atoms in total. The van der Waals surface area contributed by atoms with Crippen LogP contribution in [0, 0.1) is 13.8 Å². The molecule has 1 aliphatic heterocycles. The van der Waals surface area contributed by atoms with Crippen molar-refractivity contribution in [2.45, 2.75) is 20.8 Å². The largest absolute Gasteiger partial charge is 0.328 e. The third kappa shape index (κ3) is 1.92. The van der Waals surface area contributed by atoms with Gasteiger partial charge in [-0.05, 0) is 39.1 Å². The first-order valence-corrected chi connectivity index (χ1v) is 6.21. The zero-order valence-electron chi connectivity index (χ0n) is 10.9. The van der Waals surface area contributed by atoms with Crippen LogP contribution in [0.3, 0.4) is 0 Å². The maximum absolute atomic E-state index is 12.1. The van der Waals surface area contributed by atoms with Crippen LogP contribution in [0.15, 0.2) is 5.70 Å². The van der Waals surface area contributed by atoms with Crippen LogP contribution in [0.25, 0.3) is 6.08 Å². The number of carbonyl (C=O) groups is 1. The van der Waals surface area contributed by atoms with Crippen LogP contribution >= 0.6 is 12.2 Å². The number of carbonyl (C=O) groups excluding carboxylic acids is 1. The number of amides is 1. The van der Waals surface area contributed by atoms with Gasteiger partial charge in [0.05, 0.1) is 5.69 Å². The highest BCUT2D eigenvalue weighted by Crippen LogP contribution is 2.18. The van der Waals surface area contributed by atoms with Crippen molar-refractivity contribution < 1.29 is 4.79 Å². The molecule has 0 bridgehead atoms. The number of nitrogens with one attached hydrogen (secondary N) is 1. The summed E-state index contributed by atoms with van der Waals surface area (Å²) in [5, 5.41) is 7.74. The van der Waals surface area contributed by atoms with Crippen molar-refractivity contribution in [2.75, 3.05) is 6.54 Å². The highest BCUT2D eigenvalue weighted by Gasteiger charge is 2.29. The molecule has 1 fully saturated rings. The third-order valence-corrected chi connectivity index (χ3v) is 3.45. The van der Waals surface area contributed by atoms with Crippen LogP contribution in [0.2, 0.25) is 0 Å². The summed E-state index contributed by atoms with van der Waals surface area (Å²) in [6, 6.07) is 0. The first-order chi connectivity index (χ1) is 8.45. The lowest BCUT2D eigenvalue weighted by atomic mass is 10.1. The van der Waals surface area contributed by atoms with Gasteiger partial charge in [-0.25, -0.2) is 0 Å². The number of likely N-dealkylation sites (N-methyl/N-ethyl adjacent to an activating group) is 1.